The Bertz CT molecular complexity index is 281. The Kier molecular flexibility index (Phi) is 5.23. The van der Waals surface area contributed by atoms with Gasteiger partial charge in [0.2, 0.25) is 0 Å². The Morgan fingerprint density at radius 2 is 2.19 bits per heavy atom. The second-order valence-corrected chi connectivity index (χ2v) is 4.48. The third kappa shape index (κ3) is 4.60. The zero-order valence-electron chi connectivity index (χ0n) is 10.1. The molecule has 16 heavy (non-hydrogen) atoms. The van der Waals surface area contributed by atoms with Crippen LogP contribution in [0.3, 0.4) is 0 Å². The van der Waals surface area contributed by atoms with Crippen LogP contribution in [0.25, 0.3) is 0 Å². The van der Waals surface area contributed by atoms with Crippen LogP contribution in [0.4, 0.5) is 0 Å². The molecule has 0 unspecified atom stereocenters. The fraction of sp³-hybridized carbons (Fsp3) is 0.692. The summed E-state index contributed by atoms with van der Waals surface area (Å²) in [7, 11) is 0. The first-order chi connectivity index (χ1) is 7.59. The van der Waals surface area contributed by atoms with Gasteiger partial charge in [-0.2, -0.15) is 0 Å². The highest BCUT2D eigenvalue weighted by atomic mass is 16.5. The van der Waals surface area contributed by atoms with Crippen LogP contribution in [0.2, 0.25) is 0 Å². The van der Waals surface area contributed by atoms with E-state index in [0.29, 0.717) is 0 Å². The molecule has 0 saturated carbocycles. The molecule has 0 aromatic carbocycles. The Hall–Kier alpha value is -1.12. The molecule has 1 aliphatic heterocycles. The van der Waals surface area contributed by atoms with Crippen molar-refractivity contribution in [2.24, 2.45) is 5.92 Å². The molecule has 3 nitrogen and oxygen atoms in total. The second kappa shape index (κ2) is 6.46. The first kappa shape index (κ1) is 12.9. The number of unbranched alkanes of at least 4 members (excludes halogenated alkanes) is 2. The van der Waals surface area contributed by atoms with Crippen molar-refractivity contribution in [2.75, 3.05) is 0 Å². The molecule has 0 amide bonds. The number of ether oxygens (including phenoxy) is 1. The summed E-state index contributed by atoms with van der Waals surface area (Å²) in [5, 5.41) is 0. The molecule has 90 valence electrons. The highest BCUT2D eigenvalue weighted by Gasteiger charge is 2.15. The van der Waals surface area contributed by atoms with Gasteiger partial charge in [-0.15, -0.1) is 0 Å². The zero-order chi connectivity index (χ0) is 12.0. The minimum atomic E-state index is -0.227. The average Bonchev–Trinajstić information content (AvgIpc) is 2.63. The summed E-state index contributed by atoms with van der Waals surface area (Å²) in [6.07, 6.45) is 8.38. The van der Waals surface area contributed by atoms with E-state index < -0.39 is 0 Å². The fourth-order valence-electron chi connectivity index (χ4n) is 1.74. The summed E-state index contributed by atoms with van der Waals surface area (Å²) < 4.78 is 5.02. The monoisotopic (exact) mass is 224 g/mol. The van der Waals surface area contributed by atoms with Crippen molar-refractivity contribution in [2.45, 2.75) is 52.1 Å². The Morgan fingerprint density at radius 3 is 2.75 bits per heavy atom. The van der Waals surface area contributed by atoms with Gasteiger partial charge in [0, 0.05) is 12.0 Å². The molecular formula is C13H20O3. The minimum absolute atomic E-state index is 0.0160. The quantitative estimate of drug-likeness (QED) is 0.493. The number of rotatable bonds is 7. The van der Waals surface area contributed by atoms with Crippen LogP contribution in [0, 0.1) is 5.92 Å². The molecule has 1 aliphatic rings. The van der Waals surface area contributed by atoms with Gasteiger partial charge in [-0.3, -0.25) is 4.79 Å². The van der Waals surface area contributed by atoms with Crippen molar-refractivity contribution >= 4 is 11.8 Å². The molecular weight excluding hydrogens is 204 g/mol. The van der Waals surface area contributed by atoms with Crippen molar-refractivity contribution in [1.82, 2.24) is 0 Å². The molecule has 0 aromatic rings. The lowest BCUT2D eigenvalue weighted by molar-refractivity contribution is -0.138. The molecule has 0 radical (unpaired) electrons. The first-order valence-corrected chi connectivity index (χ1v) is 5.99. The van der Waals surface area contributed by atoms with Crippen LogP contribution < -0.4 is 0 Å². The van der Waals surface area contributed by atoms with Gasteiger partial charge >= 0.3 is 5.97 Å². The molecule has 2 atom stereocenters. The maximum Gasteiger partial charge on any atom is 0.331 e. The van der Waals surface area contributed by atoms with E-state index in [1.807, 2.05) is 13.0 Å². The third-order valence-electron chi connectivity index (χ3n) is 3.03. The molecule has 0 fully saturated rings. The predicted octanol–water partition coefficient (Wildman–Crippen LogP) is 2.64. The van der Waals surface area contributed by atoms with Crippen LogP contribution in [-0.2, 0) is 14.3 Å². The Balaban J connectivity index is 1.98. The summed E-state index contributed by atoms with van der Waals surface area (Å²) in [6.45, 7) is 3.62. The van der Waals surface area contributed by atoms with Crippen molar-refractivity contribution in [3.05, 3.63) is 12.2 Å². The third-order valence-corrected chi connectivity index (χ3v) is 3.03. The minimum Gasteiger partial charge on any atom is -0.455 e. The van der Waals surface area contributed by atoms with Gasteiger partial charge in [-0.05, 0) is 32.3 Å². The van der Waals surface area contributed by atoms with E-state index in [-0.39, 0.29) is 23.8 Å². The number of Topliss-reactive ketones (excluding diaryl/α,β-unsaturated/α-hetero) is 1. The molecule has 3 heteroatoms. The van der Waals surface area contributed by atoms with Gasteiger partial charge in [0.25, 0.3) is 0 Å². The molecule has 0 saturated heterocycles. The van der Waals surface area contributed by atoms with Gasteiger partial charge in [0.1, 0.15) is 11.9 Å². The van der Waals surface area contributed by atoms with E-state index in [0.717, 1.165) is 32.1 Å². The van der Waals surface area contributed by atoms with Crippen molar-refractivity contribution in [1.29, 1.82) is 0 Å². The summed E-state index contributed by atoms with van der Waals surface area (Å²) >= 11 is 0. The van der Waals surface area contributed by atoms with Crippen molar-refractivity contribution in [3.63, 3.8) is 0 Å². The van der Waals surface area contributed by atoms with Crippen LogP contribution in [0.1, 0.15) is 46.0 Å². The van der Waals surface area contributed by atoms with Gasteiger partial charge in [0.05, 0.1) is 0 Å². The number of carbonyl (C=O) groups excluding carboxylic acids is 2. The molecule has 0 bridgehead atoms. The van der Waals surface area contributed by atoms with Gasteiger partial charge in [-0.25, -0.2) is 4.79 Å². The van der Waals surface area contributed by atoms with E-state index in [2.05, 4.69) is 0 Å². The van der Waals surface area contributed by atoms with Gasteiger partial charge in [0.15, 0.2) is 0 Å². The van der Waals surface area contributed by atoms with E-state index in [4.69, 9.17) is 4.74 Å². The number of hydrogen-bond donors (Lipinski definition) is 0. The van der Waals surface area contributed by atoms with Crippen LogP contribution in [0.15, 0.2) is 12.2 Å². The van der Waals surface area contributed by atoms with Crippen LogP contribution >= 0.6 is 0 Å². The maximum atomic E-state index is 11.0. The van der Waals surface area contributed by atoms with E-state index >= 15 is 0 Å². The van der Waals surface area contributed by atoms with Crippen molar-refractivity contribution in [3.8, 4) is 0 Å². The average molecular weight is 224 g/mol. The molecule has 0 N–H and O–H groups in total. The molecule has 1 rings (SSSR count). The van der Waals surface area contributed by atoms with E-state index in [9.17, 15) is 9.59 Å². The smallest absolute Gasteiger partial charge is 0.331 e. The lowest BCUT2D eigenvalue weighted by Crippen LogP contribution is -2.08. The SMILES string of the molecule is CC(=O)[C@@H](C)CCCCC[C@H]1C=CC(=O)O1. The first-order valence-electron chi connectivity index (χ1n) is 5.99. The molecule has 1 heterocycles. The number of carbonyl (C=O) groups is 2. The summed E-state index contributed by atoms with van der Waals surface area (Å²) in [5.74, 6) is 0.229. The fourth-order valence-corrected chi connectivity index (χ4v) is 1.74. The van der Waals surface area contributed by atoms with E-state index in [1.165, 1.54) is 6.08 Å². The topological polar surface area (TPSA) is 43.4 Å². The standard InChI is InChI=1S/C13H20O3/c1-10(11(2)14)6-4-3-5-7-12-8-9-13(15)16-12/h8-10,12H,3-7H2,1-2H3/t10-,12-/m0/s1. The number of cyclic esters (lactones) is 1. The summed E-state index contributed by atoms with van der Waals surface area (Å²) in [4.78, 5) is 21.7. The van der Waals surface area contributed by atoms with Crippen LogP contribution in [0.5, 0.6) is 0 Å². The lowest BCUT2D eigenvalue weighted by Gasteiger charge is -2.09. The number of hydrogen-bond acceptors (Lipinski definition) is 3. The molecule has 0 aliphatic carbocycles. The maximum absolute atomic E-state index is 11.0. The largest absolute Gasteiger partial charge is 0.455 e. The highest BCUT2D eigenvalue weighted by molar-refractivity contribution is 5.84. The highest BCUT2D eigenvalue weighted by Crippen LogP contribution is 2.15. The molecule has 0 aromatic heterocycles. The Labute approximate surface area is 96.9 Å². The van der Waals surface area contributed by atoms with Crippen molar-refractivity contribution < 1.29 is 14.3 Å². The number of ketones is 1. The van der Waals surface area contributed by atoms with Gasteiger partial charge in [-0.1, -0.05) is 19.8 Å². The Morgan fingerprint density at radius 1 is 1.44 bits per heavy atom. The predicted molar refractivity (Wildman–Crippen MR) is 62.0 cm³/mol. The summed E-state index contributed by atoms with van der Waals surface area (Å²) in [5.41, 5.74) is 0. The summed E-state index contributed by atoms with van der Waals surface area (Å²) in [6, 6.07) is 0. The lowest BCUT2D eigenvalue weighted by atomic mass is 9.99. The zero-order valence-corrected chi connectivity index (χ0v) is 10.1. The molecule has 0 spiro atoms. The van der Waals surface area contributed by atoms with E-state index in [1.54, 1.807) is 6.92 Å². The van der Waals surface area contributed by atoms with Crippen LogP contribution in [-0.4, -0.2) is 17.9 Å². The number of esters is 1. The normalized spacial score (nSPS) is 20.9. The van der Waals surface area contributed by atoms with Gasteiger partial charge < -0.3 is 4.74 Å². The second-order valence-electron chi connectivity index (χ2n) is 4.48.